The van der Waals surface area contributed by atoms with Gasteiger partial charge in [-0.2, -0.15) is 0 Å². The third-order valence-electron chi connectivity index (χ3n) is 2.98. The fourth-order valence-electron chi connectivity index (χ4n) is 1.98. The highest BCUT2D eigenvalue weighted by molar-refractivity contribution is 5.89. The van der Waals surface area contributed by atoms with Crippen molar-refractivity contribution in [2.45, 2.75) is 25.4 Å². The zero-order chi connectivity index (χ0) is 18.9. The first-order valence-electron chi connectivity index (χ1n) is 7.43. The Morgan fingerprint density at radius 1 is 1.20 bits per heavy atom. The summed E-state index contributed by atoms with van der Waals surface area (Å²) in [7, 11) is 0. The van der Waals surface area contributed by atoms with Gasteiger partial charge in [-0.3, -0.25) is 9.59 Å². The topological polar surface area (TPSA) is 105 Å². The van der Waals surface area contributed by atoms with Gasteiger partial charge in [0, 0.05) is 5.57 Å². The van der Waals surface area contributed by atoms with E-state index in [0.29, 0.717) is 0 Å². The number of rotatable bonds is 9. The number of esters is 4. The summed E-state index contributed by atoms with van der Waals surface area (Å²) in [6.07, 6.45) is 3.93. The molecule has 0 aromatic carbocycles. The third kappa shape index (κ3) is 6.72. The number of ether oxygens (including phenoxy) is 4. The quantitative estimate of drug-likeness (QED) is 0.262. The average molecular weight is 352 g/mol. The lowest BCUT2D eigenvalue weighted by Crippen LogP contribution is -2.46. The Balaban J connectivity index is 2.69. The van der Waals surface area contributed by atoms with Crippen LogP contribution >= 0.6 is 0 Å². The van der Waals surface area contributed by atoms with Gasteiger partial charge in [0.05, 0.1) is 19.4 Å². The Morgan fingerprint density at radius 2 is 1.84 bits per heavy atom. The summed E-state index contributed by atoms with van der Waals surface area (Å²) in [5, 5.41) is 0. The first-order chi connectivity index (χ1) is 11.8. The monoisotopic (exact) mass is 352 g/mol. The van der Waals surface area contributed by atoms with Crippen LogP contribution in [0, 0.1) is 0 Å². The third-order valence-corrected chi connectivity index (χ3v) is 2.98. The Hall–Kier alpha value is -2.74. The van der Waals surface area contributed by atoms with Gasteiger partial charge in [0.15, 0.2) is 5.60 Å². The van der Waals surface area contributed by atoms with Gasteiger partial charge in [-0.05, 0) is 13.0 Å². The lowest BCUT2D eigenvalue weighted by molar-refractivity contribution is -0.176. The lowest BCUT2D eigenvalue weighted by atomic mass is 10.00. The predicted molar refractivity (Wildman–Crippen MR) is 85.1 cm³/mol. The SMILES string of the molecule is C=CCC(=O)OC(=O)COCC1(OC(=O)CC=C)C=C(C)C(=O)OC1. The second-order valence-corrected chi connectivity index (χ2v) is 5.27. The standard InChI is InChI=1S/C17H20O8/c1-4-6-13(18)24-15(20)9-22-10-17(25-14(19)7-5-2)8-12(3)16(21)23-11-17/h4-5,8H,1-2,6-7,9-11H2,3H3. The van der Waals surface area contributed by atoms with E-state index in [0.717, 1.165) is 0 Å². The summed E-state index contributed by atoms with van der Waals surface area (Å²) in [6.45, 7) is 7.24. The molecule has 0 amide bonds. The Kier molecular flexibility index (Phi) is 7.74. The van der Waals surface area contributed by atoms with E-state index in [9.17, 15) is 19.2 Å². The summed E-state index contributed by atoms with van der Waals surface area (Å²) in [6, 6.07) is 0. The first-order valence-corrected chi connectivity index (χ1v) is 7.43. The van der Waals surface area contributed by atoms with Crippen molar-refractivity contribution >= 4 is 23.9 Å². The molecule has 0 saturated heterocycles. The predicted octanol–water partition coefficient (Wildman–Crippen LogP) is 1.01. The maximum Gasteiger partial charge on any atom is 0.339 e. The zero-order valence-electron chi connectivity index (χ0n) is 13.9. The molecule has 0 aliphatic carbocycles. The summed E-state index contributed by atoms with van der Waals surface area (Å²) >= 11 is 0. The molecule has 0 fully saturated rings. The summed E-state index contributed by atoms with van der Waals surface area (Å²) < 4.78 is 19.9. The maximum atomic E-state index is 11.8. The van der Waals surface area contributed by atoms with Crippen LogP contribution in [0.25, 0.3) is 0 Å². The largest absolute Gasteiger partial charge is 0.458 e. The van der Waals surface area contributed by atoms with Crippen LogP contribution in [0.4, 0.5) is 0 Å². The van der Waals surface area contributed by atoms with E-state index in [2.05, 4.69) is 17.9 Å². The average Bonchev–Trinajstić information content (AvgIpc) is 2.51. The second kappa shape index (κ2) is 9.53. The molecular weight excluding hydrogens is 332 g/mol. The van der Waals surface area contributed by atoms with Crippen molar-refractivity contribution in [1.29, 1.82) is 0 Å². The van der Waals surface area contributed by atoms with Crippen LogP contribution in [-0.2, 0) is 38.1 Å². The van der Waals surface area contributed by atoms with Gasteiger partial charge in [-0.1, -0.05) is 12.2 Å². The minimum atomic E-state index is -1.36. The fourth-order valence-corrected chi connectivity index (χ4v) is 1.98. The summed E-state index contributed by atoms with van der Waals surface area (Å²) in [5.74, 6) is -2.78. The minimum absolute atomic E-state index is 0.0410. The molecule has 8 heteroatoms. The van der Waals surface area contributed by atoms with E-state index in [1.54, 1.807) is 0 Å². The molecule has 1 unspecified atom stereocenters. The molecule has 0 aromatic rings. The number of hydrogen-bond donors (Lipinski definition) is 0. The molecule has 136 valence electrons. The highest BCUT2D eigenvalue weighted by atomic mass is 16.6. The smallest absolute Gasteiger partial charge is 0.339 e. The number of cyclic esters (lactones) is 1. The van der Waals surface area contributed by atoms with Crippen LogP contribution in [-0.4, -0.2) is 49.3 Å². The first kappa shape index (κ1) is 20.3. The van der Waals surface area contributed by atoms with Gasteiger partial charge >= 0.3 is 23.9 Å². The van der Waals surface area contributed by atoms with Gasteiger partial charge in [-0.25, -0.2) is 9.59 Å². The van der Waals surface area contributed by atoms with Crippen molar-refractivity contribution in [3.05, 3.63) is 37.0 Å². The van der Waals surface area contributed by atoms with Crippen molar-refractivity contribution in [1.82, 2.24) is 0 Å². The molecule has 1 aliphatic rings. The maximum absolute atomic E-state index is 11.8. The van der Waals surface area contributed by atoms with Crippen molar-refractivity contribution in [2.24, 2.45) is 0 Å². The van der Waals surface area contributed by atoms with Crippen LogP contribution in [0.15, 0.2) is 37.0 Å². The molecule has 8 nitrogen and oxygen atoms in total. The van der Waals surface area contributed by atoms with Crippen molar-refractivity contribution < 1.29 is 38.1 Å². The van der Waals surface area contributed by atoms with Gasteiger partial charge in [0.2, 0.25) is 0 Å². The highest BCUT2D eigenvalue weighted by Gasteiger charge is 2.38. The van der Waals surface area contributed by atoms with Crippen molar-refractivity contribution in [3.63, 3.8) is 0 Å². The second-order valence-electron chi connectivity index (χ2n) is 5.27. The van der Waals surface area contributed by atoms with E-state index in [1.165, 1.54) is 25.2 Å². The fraction of sp³-hybridized carbons (Fsp3) is 0.412. The Labute approximate surface area is 145 Å². The molecule has 0 spiro atoms. The minimum Gasteiger partial charge on any atom is -0.458 e. The van der Waals surface area contributed by atoms with Crippen LogP contribution in [0.1, 0.15) is 19.8 Å². The molecule has 0 aromatic heterocycles. The molecular formula is C17H20O8. The van der Waals surface area contributed by atoms with Crippen LogP contribution < -0.4 is 0 Å². The van der Waals surface area contributed by atoms with Gasteiger partial charge in [-0.15, -0.1) is 13.2 Å². The molecule has 0 radical (unpaired) electrons. The molecule has 0 bridgehead atoms. The van der Waals surface area contributed by atoms with Crippen LogP contribution in [0.5, 0.6) is 0 Å². The van der Waals surface area contributed by atoms with Gasteiger partial charge in [0.1, 0.15) is 13.2 Å². The number of hydrogen-bond acceptors (Lipinski definition) is 8. The Bertz CT molecular complexity index is 604. The molecule has 1 rings (SSSR count). The zero-order valence-corrected chi connectivity index (χ0v) is 13.9. The summed E-state index contributed by atoms with van der Waals surface area (Å²) in [4.78, 5) is 45.9. The molecule has 1 heterocycles. The normalized spacial score (nSPS) is 19.2. The molecule has 1 atom stereocenters. The number of carbonyl (C=O) groups is 4. The number of carbonyl (C=O) groups excluding carboxylic acids is 4. The van der Waals surface area contributed by atoms with E-state index < -0.39 is 36.1 Å². The molecule has 0 N–H and O–H groups in total. The van der Waals surface area contributed by atoms with E-state index >= 15 is 0 Å². The Morgan fingerprint density at radius 3 is 2.44 bits per heavy atom. The van der Waals surface area contributed by atoms with Gasteiger partial charge in [0.25, 0.3) is 0 Å². The summed E-state index contributed by atoms with van der Waals surface area (Å²) in [5.41, 5.74) is -1.12. The van der Waals surface area contributed by atoms with Crippen molar-refractivity contribution in [2.75, 3.05) is 19.8 Å². The van der Waals surface area contributed by atoms with E-state index in [4.69, 9.17) is 14.2 Å². The van der Waals surface area contributed by atoms with Crippen LogP contribution in [0.2, 0.25) is 0 Å². The van der Waals surface area contributed by atoms with E-state index in [-0.39, 0.29) is 31.6 Å². The van der Waals surface area contributed by atoms with E-state index in [1.807, 2.05) is 0 Å². The van der Waals surface area contributed by atoms with Gasteiger partial charge < -0.3 is 18.9 Å². The lowest BCUT2D eigenvalue weighted by Gasteiger charge is -2.33. The molecule has 0 saturated carbocycles. The highest BCUT2D eigenvalue weighted by Crippen LogP contribution is 2.23. The van der Waals surface area contributed by atoms with Crippen LogP contribution in [0.3, 0.4) is 0 Å². The molecule has 1 aliphatic heterocycles. The molecule has 25 heavy (non-hydrogen) atoms. The van der Waals surface area contributed by atoms with Crippen molar-refractivity contribution in [3.8, 4) is 0 Å².